The molecule has 0 aliphatic heterocycles. The number of nitrogens with zero attached hydrogens (tertiary/aromatic N) is 2. The summed E-state index contributed by atoms with van der Waals surface area (Å²) in [6.45, 7) is 6.04. The third kappa shape index (κ3) is 3.25. The minimum Gasteiger partial charge on any atom is -0.368 e. The van der Waals surface area contributed by atoms with Gasteiger partial charge in [0.25, 0.3) is 0 Å². The number of benzene rings is 1. The number of aromatic nitrogens is 2. The van der Waals surface area contributed by atoms with Gasteiger partial charge in [-0.2, -0.15) is 0 Å². The van der Waals surface area contributed by atoms with E-state index in [4.69, 9.17) is 5.73 Å². The Balaban J connectivity index is 2.01. The molecule has 1 heterocycles. The third-order valence-corrected chi connectivity index (χ3v) is 5.12. The number of primary amides is 1. The number of fused-ring (bicyclic) bond motifs is 1. The van der Waals surface area contributed by atoms with Gasteiger partial charge in [-0.05, 0) is 36.3 Å². The van der Waals surface area contributed by atoms with E-state index in [2.05, 4.69) is 5.32 Å². The van der Waals surface area contributed by atoms with Gasteiger partial charge in [-0.15, -0.1) is 0 Å². The van der Waals surface area contributed by atoms with E-state index in [-0.39, 0.29) is 5.69 Å². The molecule has 140 valence electrons. The Kier molecular flexibility index (Phi) is 4.64. The number of carbonyl (C=O) groups is 2. The van der Waals surface area contributed by atoms with E-state index < -0.39 is 23.4 Å². The van der Waals surface area contributed by atoms with E-state index in [1.165, 1.54) is 6.42 Å². The predicted octanol–water partition coefficient (Wildman–Crippen LogP) is 2.06. The number of carbonyl (C=O) groups excluding carboxylic acids is 2. The Bertz CT molecular complexity index is 900. The zero-order chi connectivity index (χ0) is 19.1. The van der Waals surface area contributed by atoms with Gasteiger partial charge in [-0.25, -0.2) is 14.2 Å². The van der Waals surface area contributed by atoms with Crippen molar-refractivity contribution in [2.24, 2.45) is 17.1 Å². The van der Waals surface area contributed by atoms with Crippen molar-refractivity contribution in [3.8, 4) is 0 Å². The second kappa shape index (κ2) is 6.63. The largest absolute Gasteiger partial charge is 0.368 e. The fourth-order valence-electron chi connectivity index (χ4n) is 3.42. The van der Waals surface area contributed by atoms with Gasteiger partial charge in [0.2, 0.25) is 5.91 Å². The fourth-order valence-corrected chi connectivity index (χ4v) is 3.42. The molecule has 0 spiro atoms. The van der Waals surface area contributed by atoms with Crippen molar-refractivity contribution in [3.63, 3.8) is 0 Å². The van der Waals surface area contributed by atoms with Crippen LogP contribution in [0.15, 0.2) is 29.1 Å². The Morgan fingerprint density at radius 2 is 1.85 bits per heavy atom. The van der Waals surface area contributed by atoms with Crippen molar-refractivity contribution in [2.75, 3.05) is 0 Å². The van der Waals surface area contributed by atoms with Crippen molar-refractivity contribution in [1.29, 1.82) is 0 Å². The number of para-hydroxylation sites is 2. The maximum Gasteiger partial charge on any atom is 0.337 e. The number of amides is 2. The highest BCUT2D eigenvalue weighted by molar-refractivity contribution is 5.92. The van der Waals surface area contributed by atoms with E-state index in [1.54, 1.807) is 16.7 Å². The molecule has 1 aromatic heterocycles. The summed E-state index contributed by atoms with van der Waals surface area (Å²) in [5.74, 6) is -0.153. The lowest BCUT2D eigenvalue weighted by molar-refractivity contribution is -0.122. The highest BCUT2D eigenvalue weighted by Crippen LogP contribution is 2.28. The molecule has 1 saturated carbocycles. The molecular weight excluding hydrogens is 332 g/mol. The van der Waals surface area contributed by atoms with E-state index in [0.29, 0.717) is 18.0 Å². The van der Waals surface area contributed by atoms with Gasteiger partial charge in [-0.3, -0.25) is 9.36 Å². The molecule has 0 bridgehead atoms. The van der Waals surface area contributed by atoms with Gasteiger partial charge >= 0.3 is 11.7 Å². The Morgan fingerprint density at radius 3 is 2.35 bits per heavy atom. The van der Waals surface area contributed by atoms with Crippen LogP contribution in [0, 0.1) is 11.3 Å². The Labute approximate surface area is 152 Å². The van der Waals surface area contributed by atoms with Gasteiger partial charge in [0.15, 0.2) is 0 Å². The highest BCUT2D eigenvalue weighted by Gasteiger charge is 2.32. The quantitative estimate of drug-likeness (QED) is 0.875. The first-order chi connectivity index (χ1) is 12.2. The fraction of sp³-hybridized carbons (Fsp3) is 0.526. The number of imidazole rings is 1. The zero-order valence-corrected chi connectivity index (χ0v) is 15.5. The second-order valence-corrected chi connectivity index (χ2v) is 8.17. The molecule has 3 N–H and O–H groups in total. The zero-order valence-electron chi connectivity index (χ0n) is 15.5. The first-order valence-electron chi connectivity index (χ1n) is 9.00. The van der Waals surface area contributed by atoms with Crippen molar-refractivity contribution in [3.05, 3.63) is 34.7 Å². The maximum atomic E-state index is 13.0. The standard InChI is InChI=1S/C19H26N4O3/c1-19(2,3)15(16(20)24)21-17(25)23-14-10-5-4-9-13(14)22(18(23)26)11-12-7-6-8-12/h4-5,9-10,12,15H,6-8,11H2,1-3H3,(H2,20,24)(H,21,25)/t15-/m1/s1. The lowest BCUT2D eigenvalue weighted by atomic mass is 9.85. The predicted molar refractivity (Wildman–Crippen MR) is 99.9 cm³/mol. The smallest absolute Gasteiger partial charge is 0.337 e. The van der Waals surface area contributed by atoms with E-state index in [0.717, 1.165) is 22.9 Å². The first kappa shape index (κ1) is 18.2. The van der Waals surface area contributed by atoms with E-state index >= 15 is 0 Å². The molecule has 1 atom stereocenters. The summed E-state index contributed by atoms with van der Waals surface area (Å²) in [4.78, 5) is 37.6. The topological polar surface area (TPSA) is 99.1 Å². The number of hydrogen-bond donors (Lipinski definition) is 2. The lowest BCUT2D eigenvalue weighted by Crippen LogP contribution is -2.54. The van der Waals surface area contributed by atoms with E-state index in [9.17, 15) is 14.4 Å². The number of nitrogens with one attached hydrogen (secondary N) is 1. The van der Waals surface area contributed by atoms with Crippen molar-refractivity contribution >= 4 is 23.0 Å². The summed E-state index contributed by atoms with van der Waals surface area (Å²) in [6.07, 6.45) is 3.39. The molecule has 2 aromatic rings. The maximum absolute atomic E-state index is 13.0. The monoisotopic (exact) mass is 358 g/mol. The number of nitrogens with two attached hydrogens (primary N) is 1. The van der Waals surface area contributed by atoms with Crippen LogP contribution in [0.25, 0.3) is 11.0 Å². The summed E-state index contributed by atoms with van der Waals surface area (Å²) >= 11 is 0. The molecule has 1 aromatic carbocycles. The van der Waals surface area contributed by atoms with Gasteiger partial charge < -0.3 is 11.1 Å². The van der Waals surface area contributed by atoms with Crippen LogP contribution < -0.4 is 16.7 Å². The van der Waals surface area contributed by atoms with Crippen LogP contribution in [0.2, 0.25) is 0 Å². The molecule has 26 heavy (non-hydrogen) atoms. The van der Waals surface area contributed by atoms with Gasteiger partial charge in [0.1, 0.15) is 6.04 Å². The van der Waals surface area contributed by atoms with Crippen LogP contribution in [0.5, 0.6) is 0 Å². The number of rotatable bonds is 4. The van der Waals surface area contributed by atoms with Crippen molar-refractivity contribution < 1.29 is 9.59 Å². The lowest BCUT2D eigenvalue weighted by Gasteiger charge is -2.28. The molecule has 3 rings (SSSR count). The first-order valence-corrected chi connectivity index (χ1v) is 9.00. The van der Waals surface area contributed by atoms with Crippen LogP contribution in [-0.2, 0) is 11.3 Å². The van der Waals surface area contributed by atoms with Crippen LogP contribution in [0.3, 0.4) is 0 Å². The second-order valence-electron chi connectivity index (χ2n) is 8.17. The average molecular weight is 358 g/mol. The minimum absolute atomic E-state index is 0.382. The molecule has 2 amide bonds. The normalized spacial score (nSPS) is 16.3. The van der Waals surface area contributed by atoms with E-state index in [1.807, 2.05) is 32.9 Å². The highest BCUT2D eigenvalue weighted by atomic mass is 16.2. The third-order valence-electron chi connectivity index (χ3n) is 5.12. The SMILES string of the molecule is CC(C)(C)[C@H](NC(=O)n1c(=O)n(CC2CCC2)c2ccccc21)C(N)=O. The molecule has 1 aliphatic rings. The summed E-state index contributed by atoms with van der Waals surface area (Å²) in [5, 5.41) is 2.64. The molecular formula is C19H26N4O3. The Morgan fingerprint density at radius 1 is 1.23 bits per heavy atom. The molecule has 0 unspecified atom stereocenters. The summed E-state index contributed by atoms with van der Waals surface area (Å²) in [5.41, 5.74) is 5.77. The van der Waals surface area contributed by atoms with Crippen LogP contribution >= 0.6 is 0 Å². The molecule has 7 heteroatoms. The Hall–Kier alpha value is -2.57. The minimum atomic E-state index is -0.879. The van der Waals surface area contributed by atoms with Gasteiger partial charge in [0, 0.05) is 6.54 Å². The molecule has 0 radical (unpaired) electrons. The van der Waals surface area contributed by atoms with Crippen molar-refractivity contribution in [2.45, 2.75) is 52.6 Å². The van der Waals surface area contributed by atoms with Crippen LogP contribution in [0.4, 0.5) is 4.79 Å². The van der Waals surface area contributed by atoms with Crippen LogP contribution in [0.1, 0.15) is 40.0 Å². The van der Waals surface area contributed by atoms with Crippen molar-refractivity contribution in [1.82, 2.24) is 14.5 Å². The average Bonchev–Trinajstić information content (AvgIpc) is 2.78. The van der Waals surface area contributed by atoms with Gasteiger partial charge in [0.05, 0.1) is 11.0 Å². The van der Waals surface area contributed by atoms with Crippen LogP contribution in [-0.4, -0.2) is 27.1 Å². The van der Waals surface area contributed by atoms with Gasteiger partial charge in [-0.1, -0.05) is 39.3 Å². The molecule has 1 fully saturated rings. The molecule has 1 aliphatic carbocycles. The molecule has 0 saturated heterocycles. The summed E-state index contributed by atoms with van der Waals surface area (Å²) < 4.78 is 2.77. The summed E-state index contributed by atoms with van der Waals surface area (Å²) in [6, 6.07) is 5.71. The number of hydrogen-bond acceptors (Lipinski definition) is 3. The summed E-state index contributed by atoms with van der Waals surface area (Å²) in [7, 11) is 0. The molecule has 7 nitrogen and oxygen atoms in total.